The number of aromatic nitrogens is 2. The maximum atomic E-state index is 11.2. The van der Waals surface area contributed by atoms with Gasteiger partial charge in [-0.1, -0.05) is 121 Å². The summed E-state index contributed by atoms with van der Waals surface area (Å²) in [6.45, 7) is 0. The SMILES string of the molecule is [2H]c1c([2H])c([2H])c(-c2ccc3c4ccccc4n(-c4ccc(C#N)c(-n5c6ccccc6c6ccc(-c7c([2H])c([2H])c([2H])c([2H])c7[2H])cc65)c4C#N)c3c2)c([2H])c1[2H]. The Morgan fingerprint density at radius 1 is 0.458 bits per heavy atom. The van der Waals surface area contributed by atoms with Gasteiger partial charge in [-0.25, -0.2) is 0 Å². The normalized spacial score (nSPS) is 14.2. The van der Waals surface area contributed by atoms with Crippen LogP contribution in [-0.4, -0.2) is 9.13 Å². The lowest BCUT2D eigenvalue weighted by molar-refractivity contribution is 1.11. The molecule has 0 fully saturated rings. The molecule has 0 aliphatic carbocycles. The van der Waals surface area contributed by atoms with Crippen LogP contribution >= 0.6 is 0 Å². The minimum absolute atomic E-state index is 0.0136. The van der Waals surface area contributed by atoms with Gasteiger partial charge in [-0.3, -0.25) is 0 Å². The lowest BCUT2D eigenvalue weighted by Crippen LogP contribution is -2.06. The highest BCUT2D eigenvalue weighted by molar-refractivity contribution is 6.12. The lowest BCUT2D eigenvalue weighted by atomic mass is 10.0. The number of fused-ring (bicyclic) bond motifs is 6. The Labute approximate surface area is 291 Å². The van der Waals surface area contributed by atoms with Crippen LogP contribution in [0.1, 0.15) is 24.8 Å². The van der Waals surface area contributed by atoms with Gasteiger partial charge in [0.1, 0.15) is 17.7 Å². The Balaban J connectivity index is 1.38. The molecule has 9 rings (SSSR count). The molecule has 0 spiro atoms. The minimum atomic E-state index is -0.506. The number of hydrogen-bond acceptors (Lipinski definition) is 2. The molecular formula is C44H26N4. The Morgan fingerprint density at radius 3 is 1.50 bits per heavy atom. The van der Waals surface area contributed by atoms with E-state index in [0.717, 1.165) is 21.5 Å². The first-order chi connectivity index (χ1) is 27.9. The van der Waals surface area contributed by atoms with Gasteiger partial charge in [-0.15, -0.1) is 0 Å². The Hall–Kier alpha value is -6.88. The summed E-state index contributed by atoms with van der Waals surface area (Å²) in [4.78, 5) is 0. The molecule has 0 saturated heterocycles. The summed E-state index contributed by atoms with van der Waals surface area (Å²) in [5.74, 6) is 0. The van der Waals surface area contributed by atoms with E-state index in [-0.39, 0.29) is 52.1 Å². The van der Waals surface area contributed by atoms with E-state index in [1.54, 1.807) is 47.0 Å². The van der Waals surface area contributed by atoms with Crippen LogP contribution in [0.2, 0.25) is 0 Å². The van der Waals surface area contributed by atoms with Gasteiger partial charge in [-0.2, -0.15) is 10.5 Å². The molecule has 0 bridgehead atoms. The maximum absolute atomic E-state index is 11.2. The molecule has 0 N–H and O–H groups in total. The molecule has 0 aliphatic rings. The summed E-state index contributed by atoms with van der Waals surface area (Å²) < 4.78 is 87.8. The van der Waals surface area contributed by atoms with Gasteiger partial charge in [0.25, 0.3) is 0 Å². The predicted octanol–water partition coefficient (Wildman–Crippen LogP) is 11.0. The summed E-state index contributed by atoms with van der Waals surface area (Å²) >= 11 is 0. The fraction of sp³-hybridized carbons (Fsp3) is 0. The number of rotatable bonds is 4. The first-order valence-electron chi connectivity index (χ1n) is 20.1. The average Bonchev–Trinajstić information content (AvgIpc) is 3.75. The largest absolute Gasteiger partial charge is 0.308 e. The zero-order valence-corrected chi connectivity index (χ0v) is 25.0. The molecule has 0 aliphatic heterocycles. The Kier molecular flexibility index (Phi) is 4.29. The van der Waals surface area contributed by atoms with Crippen molar-refractivity contribution in [3.8, 4) is 45.8 Å². The van der Waals surface area contributed by atoms with Crippen molar-refractivity contribution in [2.45, 2.75) is 0 Å². The monoisotopic (exact) mass is 620 g/mol. The zero-order chi connectivity index (χ0) is 40.9. The van der Waals surface area contributed by atoms with E-state index >= 15 is 0 Å². The zero-order valence-electron chi connectivity index (χ0n) is 35.0. The highest BCUT2D eigenvalue weighted by Gasteiger charge is 2.24. The van der Waals surface area contributed by atoms with Crippen molar-refractivity contribution < 1.29 is 13.7 Å². The van der Waals surface area contributed by atoms with Crippen molar-refractivity contribution in [1.82, 2.24) is 9.13 Å². The first-order valence-corrected chi connectivity index (χ1v) is 15.1. The van der Waals surface area contributed by atoms with Crippen LogP contribution in [0.15, 0.2) is 157 Å². The summed E-state index contributed by atoms with van der Waals surface area (Å²) in [7, 11) is 0. The van der Waals surface area contributed by atoms with Crippen LogP contribution in [0.25, 0.3) is 77.2 Å². The third-order valence-corrected chi connectivity index (χ3v) is 8.78. The van der Waals surface area contributed by atoms with Crippen LogP contribution < -0.4 is 0 Å². The summed E-state index contributed by atoms with van der Waals surface area (Å²) in [6, 6.07) is 29.3. The van der Waals surface area contributed by atoms with Crippen molar-refractivity contribution in [2.75, 3.05) is 0 Å². The summed E-state index contributed by atoms with van der Waals surface area (Å²) in [5.41, 5.74) is 4.25. The van der Waals surface area contributed by atoms with E-state index in [4.69, 9.17) is 13.7 Å². The van der Waals surface area contributed by atoms with Crippen LogP contribution in [0.4, 0.5) is 0 Å². The molecule has 0 radical (unpaired) electrons. The topological polar surface area (TPSA) is 57.4 Å². The van der Waals surface area contributed by atoms with Crippen molar-refractivity contribution in [2.24, 2.45) is 0 Å². The number of nitriles is 2. The second kappa shape index (κ2) is 10.9. The Morgan fingerprint density at radius 2 is 0.958 bits per heavy atom. The molecule has 0 saturated carbocycles. The lowest BCUT2D eigenvalue weighted by Gasteiger charge is -2.17. The second-order valence-corrected chi connectivity index (χ2v) is 11.2. The van der Waals surface area contributed by atoms with Crippen LogP contribution in [0.3, 0.4) is 0 Å². The molecule has 4 nitrogen and oxygen atoms in total. The van der Waals surface area contributed by atoms with Crippen molar-refractivity contribution >= 4 is 43.6 Å². The third kappa shape index (κ3) is 4.07. The fourth-order valence-electron chi connectivity index (χ4n) is 6.74. The van der Waals surface area contributed by atoms with E-state index in [2.05, 4.69) is 12.1 Å². The molecule has 2 aromatic heterocycles. The van der Waals surface area contributed by atoms with Crippen molar-refractivity contribution in [1.29, 1.82) is 10.5 Å². The standard InChI is InChI=1S/C44H26N4/c45-27-33-21-24-41(47-39-17-9-7-15-34(39)36-22-19-31(25-42(36)47)29-11-3-1-4-12-29)38(28-46)44(33)48-40-18-10-8-16-35(40)37-23-20-32(26-43(37)48)30-13-5-2-6-14-30/h1-26H/i1D,2D,3D,4D,5D,6D,11D,12D,13D,14D. The Bertz CT molecular complexity index is 3330. The van der Waals surface area contributed by atoms with Crippen molar-refractivity contribution in [3.05, 3.63) is 169 Å². The smallest absolute Gasteiger partial charge is 0.104 e. The molecule has 222 valence electrons. The highest BCUT2D eigenvalue weighted by Crippen LogP contribution is 2.40. The second-order valence-electron chi connectivity index (χ2n) is 11.2. The number of hydrogen-bond donors (Lipinski definition) is 0. The summed E-state index contributed by atoms with van der Waals surface area (Å²) in [5, 5.41) is 25.0. The molecular weight excluding hydrogens is 585 g/mol. The molecule has 48 heavy (non-hydrogen) atoms. The molecule has 0 amide bonds. The van der Waals surface area contributed by atoms with Gasteiger partial charge in [0.05, 0.1) is 52.7 Å². The number of benzene rings is 7. The van der Waals surface area contributed by atoms with E-state index in [1.807, 2.05) is 59.2 Å². The van der Waals surface area contributed by atoms with E-state index in [9.17, 15) is 10.5 Å². The molecule has 9 aromatic rings. The van der Waals surface area contributed by atoms with Gasteiger partial charge in [0.15, 0.2) is 0 Å². The maximum Gasteiger partial charge on any atom is 0.104 e. The van der Waals surface area contributed by atoms with Gasteiger partial charge in [0, 0.05) is 21.5 Å². The van der Waals surface area contributed by atoms with Crippen LogP contribution in [-0.2, 0) is 0 Å². The van der Waals surface area contributed by atoms with Gasteiger partial charge in [0.2, 0.25) is 0 Å². The number of nitrogens with zero attached hydrogens (tertiary/aromatic N) is 4. The molecule has 2 heterocycles. The van der Waals surface area contributed by atoms with E-state index in [0.29, 0.717) is 38.9 Å². The fourth-order valence-corrected chi connectivity index (χ4v) is 6.74. The molecule has 4 heteroatoms. The van der Waals surface area contributed by atoms with Gasteiger partial charge >= 0.3 is 0 Å². The third-order valence-electron chi connectivity index (χ3n) is 8.78. The molecule has 7 aromatic carbocycles. The quantitative estimate of drug-likeness (QED) is 0.197. The highest BCUT2D eigenvalue weighted by atomic mass is 15.0. The van der Waals surface area contributed by atoms with Crippen LogP contribution in [0.5, 0.6) is 0 Å². The average molecular weight is 621 g/mol. The van der Waals surface area contributed by atoms with Crippen LogP contribution in [0, 0.1) is 22.7 Å². The number of para-hydroxylation sites is 2. The molecule has 0 unspecified atom stereocenters. The van der Waals surface area contributed by atoms with Crippen molar-refractivity contribution in [3.63, 3.8) is 0 Å². The first kappa shape index (κ1) is 18.9. The van der Waals surface area contributed by atoms with Gasteiger partial charge < -0.3 is 9.13 Å². The van der Waals surface area contributed by atoms with E-state index in [1.165, 1.54) is 0 Å². The van der Waals surface area contributed by atoms with E-state index < -0.39 is 36.3 Å². The van der Waals surface area contributed by atoms with Gasteiger partial charge in [-0.05, 0) is 58.7 Å². The molecule has 0 atom stereocenters. The summed E-state index contributed by atoms with van der Waals surface area (Å²) in [6.07, 6.45) is 0. The minimum Gasteiger partial charge on any atom is -0.308 e. The predicted molar refractivity (Wildman–Crippen MR) is 195 cm³/mol.